The molecule has 5 heteroatoms. The second-order valence-corrected chi connectivity index (χ2v) is 5.49. The van der Waals surface area contributed by atoms with Gasteiger partial charge in [0, 0.05) is 6.61 Å². The van der Waals surface area contributed by atoms with Crippen molar-refractivity contribution in [2.75, 3.05) is 19.0 Å². The van der Waals surface area contributed by atoms with Crippen LogP contribution in [0.2, 0.25) is 0 Å². The fourth-order valence-corrected chi connectivity index (χ4v) is 1.71. The highest BCUT2D eigenvalue weighted by Gasteiger charge is 2.17. The van der Waals surface area contributed by atoms with Crippen LogP contribution >= 0.6 is 0 Å². The number of carbonyl (C=O) groups excluding carboxylic acids is 1. The highest BCUT2D eigenvalue weighted by Crippen LogP contribution is 2.26. The zero-order valence-electron chi connectivity index (χ0n) is 12.5. The smallest absolute Gasteiger partial charge is 0.412 e. The van der Waals surface area contributed by atoms with Gasteiger partial charge in [-0.3, -0.25) is 5.32 Å². The van der Waals surface area contributed by atoms with Gasteiger partial charge in [0.15, 0.2) is 0 Å². The summed E-state index contributed by atoms with van der Waals surface area (Å²) in [7, 11) is 1.54. The summed E-state index contributed by atoms with van der Waals surface area (Å²) in [6, 6.07) is 5.53. The van der Waals surface area contributed by atoms with Crippen LogP contribution in [-0.2, 0) is 11.2 Å². The number of aliphatic hydroxyl groups excluding tert-OH is 1. The lowest BCUT2D eigenvalue weighted by Gasteiger charge is -2.20. The molecule has 0 fully saturated rings. The van der Waals surface area contributed by atoms with Gasteiger partial charge in [0.2, 0.25) is 0 Å². The summed E-state index contributed by atoms with van der Waals surface area (Å²) in [5.41, 5.74) is 1.04. The normalized spacial score (nSPS) is 11.1. The van der Waals surface area contributed by atoms with E-state index in [1.807, 2.05) is 32.9 Å². The van der Waals surface area contributed by atoms with Gasteiger partial charge in [-0.15, -0.1) is 0 Å². The molecule has 1 aromatic rings. The largest absolute Gasteiger partial charge is 0.495 e. The van der Waals surface area contributed by atoms with Gasteiger partial charge in [0.05, 0.1) is 12.8 Å². The molecule has 0 radical (unpaired) electrons. The summed E-state index contributed by atoms with van der Waals surface area (Å²) >= 11 is 0. The van der Waals surface area contributed by atoms with E-state index in [0.717, 1.165) is 12.0 Å². The first-order valence-electron chi connectivity index (χ1n) is 6.63. The third kappa shape index (κ3) is 5.48. The van der Waals surface area contributed by atoms with Gasteiger partial charge < -0.3 is 14.6 Å². The third-order valence-corrected chi connectivity index (χ3v) is 2.52. The molecule has 112 valence electrons. The minimum Gasteiger partial charge on any atom is -0.495 e. The summed E-state index contributed by atoms with van der Waals surface area (Å²) in [5.74, 6) is 0.573. The van der Waals surface area contributed by atoms with E-state index in [1.165, 1.54) is 0 Å². The van der Waals surface area contributed by atoms with E-state index in [9.17, 15) is 4.79 Å². The highest BCUT2D eigenvalue weighted by molar-refractivity contribution is 5.87. The van der Waals surface area contributed by atoms with Gasteiger partial charge in [0.1, 0.15) is 11.4 Å². The maximum absolute atomic E-state index is 11.8. The molecule has 2 N–H and O–H groups in total. The van der Waals surface area contributed by atoms with Gasteiger partial charge in [0.25, 0.3) is 0 Å². The Morgan fingerprint density at radius 1 is 1.35 bits per heavy atom. The number of rotatable bonds is 5. The monoisotopic (exact) mass is 281 g/mol. The first-order valence-corrected chi connectivity index (χ1v) is 6.63. The summed E-state index contributed by atoms with van der Waals surface area (Å²) in [4.78, 5) is 11.8. The molecule has 0 aliphatic rings. The maximum atomic E-state index is 11.8. The Morgan fingerprint density at radius 3 is 2.60 bits per heavy atom. The van der Waals surface area contributed by atoms with Gasteiger partial charge in [-0.05, 0) is 51.3 Å². The summed E-state index contributed by atoms with van der Waals surface area (Å²) < 4.78 is 10.4. The van der Waals surface area contributed by atoms with Crippen LogP contribution in [0.3, 0.4) is 0 Å². The molecule has 0 heterocycles. The Hall–Kier alpha value is -1.75. The van der Waals surface area contributed by atoms with Gasteiger partial charge in [-0.2, -0.15) is 0 Å². The second-order valence-electron chi connectivity index (χ2n) is 5.49. The van der Waals surface area contributed by atoms with E-state index in [2.05, 4.69) is 5.32 Å². The van der Waals surface area contributed by atoms with Crippen LogP contribution in [0.5, 0.6) is 5.75 Å². The topological polar surface area (TPSA) is 67.8 Å². The van der Waals surface area contributed by atoms with E-state index >= 15 is 0 Å². The van der Waals surface area contributed by atoms with E-state index in [-0.39, 0.29) is 6.61 Å². The van der Waals surface area contributed by atoms with Crippen LogP contribution in [0.15, 0.2) is 18.2 Å². The van der Waals surface area contributed by atoms with Crippen LogP contribution in [0.25, 0.3) is 0 Å². The van der Waals surface area contributed by atoms with Crippen molar-refractivity contribution < 1.29 is 19.4 Å². The van der Waals surface area contributed by atoms with Crippen LogP contribution in [0.4, 0.5) is 10.5 Å². The maximum Gasteiger partial charge on any atom is 0.412 e. The lowest BCUT2D eigenvalue weighted by molar-refractivity contribution is 0.0635. The van der Waals surface area contributed by atoms with E-state index in [1.54, 1.807) is 13.2 Å². The third-order valence-electron chi connectivity index (χ3n) is 2.52. The molecule has 1 amide bonds. The number of amides is 1. The van der Waals surface area contributed by atoms with Crippen molar-refractivity contribution >= 4 is 11.8 Å². The molecule has 0 bridgehead atoms. The Bertz CT molecular complexity index is 452. The minimum absolute atomic E-state index is 0.140. The number of aliphatic hydroxyl groups is 1. The van der Waals surface area contributed by atoms with Crippen LogP contribution in [0, 0.1) is 0 Å². The molecule has 0 aromatic heterocycles. The average molecular weight is 281 g/mol. The first-order chi connectivity index (χ1) is 9.35. The Balaban J connectivity index is 2.82. The molecule has 1 aromatic carbocycles. The van der Waals surface area contributed by atoms with Crippen molar-refractivity contribution in [1.29, 1.82) is 0 Å². The molecular weight excluding hydrogens is 258 g/mol. The quantitative estimate of drug-likeness (QED) is 0.870. The molecule has 0 atom stereocenters. The molecule has 0 aliphatic carbocycles. The SMILES string of the molecule is COc1ccc(CCCO)cc1NC(=O)OC(C)(C)C. The second kappa shape index (κ2) is 7.14. The highest BCUT2D eigenvalue weighted by atomic mass is 16.6. The molecule has 0 aliphatic heterocycles. The van der Waals surface area contributed by atoms with Crippen LogP contribution in [-0.4, -0.2) is 30.5 Å². The lowest BCUT2D eigenvalue weighted by atomic mass is 10.1. The van der Waals surface area contributed by atoms with E-state index in [0.29, 0.717) is 17.9 Å². The summed E-state index contributed by atoms with van der Waals surface area (Å²) in [6.45, 7) is 5.56. The van der Waals surface area contributed by atoms with E-state index in [4.69, 9.17) is 14.6 Å². The van der Waals surface area contributed by atoms with Crippen molar-refractivity contribution in [1.82, 2.24) is 0 Å². The molecular formula is C15H23NO4. The molecule has 0 spiro atoms. The predicted octanol–water partition coefficient (Wildman–Crippen LogP) is 2.97. The standard InChI is InChI=1S/C15H23NO4/c1-15(2,3)20-14(18)16-12-10-11(6-5-9-17)7-8-13(12)19-4/h7-8,10,17H,5-6,9H2,1-4H3,(H,16,18). The predicted molar refractivity (Wildman–Crippen MR) is 78.3 cm³/mol. The number of methoxy groups -OCH3 is 1. The van der Waals surface area contributed by atoms with Crippen LogP contribution in [0.1, 0.15) is 32.8 Å². The van der Waals surface area contributed by atoms with Crippen molar-refractivity contribution in [3.05, 3.63) is 23.8 Å². The number of anilines is 1. The van der Waals surface area contributed by atoms with Crippen molar-refractivity contribution in [2.24, 2.45) is 0 Å². The van der Waals surface area contributed by atoms with Gasteiger partial charge in [-0.25, -0.2) is 4.79 Å². The molecule has 0 unspecified atom stereocenters. The van der Waals surface area contributed by atoms with Gasteiger partial charge >= 0.3 is 6.09 Å². The lowest BCUT2D eigenvalue weighted by Crippen LogP contribution is -2.27. The number of hydrogen-bond donors (Lipinski definition) is 2. The Morgan fingerprint density at radius 2 is 2.05 bits per heavy atom. The van der Waals surface area contributed by atoms with E-state index < -0.39 is 11.7 Å². The number of ether oxygens (including phenoxy) is 2. The zero-order valence-corrected chi connectivity index (χ0v) is 12.5. The number of aryl methyl sites for hydroxylation is 1. The Kier molecular flexibility index (Phi) is 5.82. The van der Waals surface area contributed by atoms with Crippen molar-refractivity contribution in [2.45, 2.75) is 39.2 Å². The number of hydrogen-bond acceptors (Lipinski definition) is 4. The fourth-order valence-electron chi connectivity index (χ4n) is 1.71. The Labute approximate surface area is 119 Å². The van der Waals surface area contributed by atoms with Crippen molar-refractivity contribution in [3.63, 3.8) is 0 Å². The zero-order chi connectivity index (χ0) is 15.2. The van der Waals surface area contributed by atoms with Crippen molar-refractivity contribution in [3.8, 4) is 5.75 Å². The number of nitrogens with one attached hydrogen (secondary N) is 1. The minimum atomic E-state index is -0.550. The fraction of sp³-hybridized carbons (Fsp3) is 0.533. The van der Waals surface area contributed by atoms with Crippen LogP contribution < -0.4 is 10.1 Å². The molecule has 0 saturated carbocycles. The average Bonchev–Trinajstić information content (AvgIpc) is 2.34. The first kappa shape index (κ1) is 16.3. The van der Waals surface area contributed by atoms with Gasteiger partial charge in [-0.1, -0.05) is 6.07 Å². The molecule has 0 saturated heterocycles. The summed E-state index contributed by atoms with van der Waals surface area (Å²) in [5, 5.41) is 11.5. The molecule has 20 heavy (non-hydrogen) atoms. The summed E-state index contributed by atoms with van der Waals surface area (Å²) in [6.07, 6.45) is 0.900. The molecule has 1 rings (SSSR count). The molecule has 5 nitrogen and oxygen atoms in total. The number of benzene rings is 1. The number of carbonyl (C=O) groups is 1.